The van der Waals surface area contributed by atoms with Crippen LogP contribution >= 0.6 is 12.2 Å². The molecule has 0 spiro atoms. The summed E-state index contributed by atoms with van der Waals surface area (Å²) in [6, 6.07) is 7.46. The summed E-state index contributed by atoms with van der Waals surface area (Å²) >= 11 is 4.91. The summed E-state index contributed by atoms with van der Waals surface area (Å²) in [5, 5.41) is 0. The number of anilines is 1. The molecule has 0 saturated carbocycles. The molecule has 0 unspecified atom stereocenters. The van der Waals surface area contributed by atoms with E-state index < -0.39 is 9.84 Å². The number of sulfone groups is 1. The van der Waals surface area contributed by atoms with Gasteiger partial charge in [-0.1, -0.05) is 31.3 Å². The lowest BCUT2D eigenvalue weighted by Crippen LogP contribution is -2.26. The molecule has 0 aliphatic heterocycles. The Morgan fingerprint density at radius 3 is 2.67 bits per heavy atom. The van der Waals surface area contributed by atoms with Gasteiger partial charge in [-0.15, -0.1) is 0 Å². The standard InChI is InChI=1S/C12H18N2O2S2/c1-3-18(15,16)8-7-14(2)11-6-4-5-10(9-11)12(13)17/h4-6,9H,3,7-8H2,1-2H3,(H2,13,17). The molecule has 0 fully saturated rings. The van der Waals surface area contributed by atoms with Crippen molar-refractivity contribution in [3.63, 3.8) is 0 Å². The van der Waals surface area contributed by atoms with Crippen LogP contribution in [0.25, 0.3) is 0 Å². The predicted molar refractivity (Wildman–Crippen MR) is 79.9 cm³/mol. The van der Waals surface area contributed by atoms with Gasteiger partial charge in [-0.25, -0.2) is 8.42 Å². The maximum atomic E-state index is 11.4. The molecule has 18 heavy (non-hydrogen) atoms. The van der Waals surface area contributed by atoms with Crippen molar-refractivity contribution in [2.24, 2.45) is 5.73 Å². The zero-order valence-corrected chi connectivity index (χ0v) is 12.2. The number of rotatable bonds is 6. The highest BCUT2D eigenvalue weighted by Crippen LogP contribution is 2.14. The minimum Gasteiger partial charge on any atom is -0.389 e. The van der Waals surface area contributed by atoms with Gasteiger partial charge in [0.2, 0.25) is 0 Å². The Morgan fingerprint density at radius 1 is 1.44 bits per heavy atom. The van der Waals surface area contributed by atoms with Gasteiger partial charge in [0.1, 0.15) is 4.99 Å². The van der Waals surface area contributed by atoms with Crippen LogP contribution in [-0.2, 0) is 9.84 Å². The lowest BCUT2D eigenvalue weighted by atomic mass is 10.2. The molecule has 0 aliphatic rings. The third-order valence-electron chi connectivity index (χ3n) is 2.75. The lowest BCUT2D eigenvalue weighted by molar-refractivity contribution is 0.596. The molecule has 0 amide bonds. The van der Waals surface area contributed by atoms with Crippen LogP contribution in [0.4, 0.5) is 5.69 Å². The van der Waals surface area contributed by atoms with E-state index in [1.165, 1.54) is 0 Å². The summed E-state index contributed by atoms with van der Waals surface area (Å²) < 4.78 is 22.9. The van der Waals surface area contributed by atoms with Crippen molar-refractivity contribution in [2.75, 3.05) is 30.0 Å². The van der Waals surface area contributed by atoms with E-state index in [1.807, 2.05) is 36.2 Å². The van der Waals surface area contributed by atoms with Crippen molar-refractivity contribution in [3.8, 4) is 0 Å². The van der Waals surface area contributed by atoms with Crippen molar-refractivity contribution in [2.45, 2.75) is 6.92 Å². The van der Waals surface area contributed by atoms with Crippen molar-refractivity contribution in [3.05, 3.63) is 29.8 Å². The second-order valence-corrected chi connectivity index (χ2v) is 6.99. The van der Waals surface area contributed by atoms with Gasteiger partial charge in [-0.05, 0) is 12.1 Å². The first-order valence-corrected chi connectivity index (χ1v) is 7.90. The molecular weight excluding hydrogens is 268 g/mol. The van der Waals surface area contributed by atoms with Crippen molar-refractivity contribution >= 4 is 32.7 Å². The van der Waals surface area contributed by atoms with Crippen molar-refractivity contribution in [1.29, 1.82) is 0 Å². The number of thiocarbonyl (C=S) groups is 1. The Bertz CT molecular complexity index is 527. The highest BCUT2D eigenvalue weighted by molar-refractivity contribution is 7.91. The normalized spacial score (nSPS) is 11.2. The zero-order chi connectivity index (χ0) is 13.8. The van der Waals surface area contributed by atoms with Gasteiger partial charge in [-0.2, -0.15) is 0 Å². The Hall–Kier alpha value is -1.14. The second kappa shape index (κ2) is 6.15. The van der Waals surface area contributed by atoms with Gasteiger partial charge in [0, 0.05) is 30.6 Å². The SMILES string of the molecule is CCS(=O)(=O)CCN(C)c1cccc(C(N)=S)c1. The predicted octanol–water partition coefficient (Wildman–Crippen LogP) is 1.19. The van der Waals surface area contributed by atoms with E-state index in [0.29, 0.717) is 11.5 Å². The molecule has 0 atom stereocenters. The van der Waals surface area contributed by atoms with Crippen LogP contribution in [0.1, 0.15) is 12.5 Å². The van der Waals surface area contributed by atoms with Crippen LogP contribution in [0, 0.1) is 0 Å². The first-order valence-electron chi connectivity index (χ1n) is 5.67. The smallest absolute Gasteiger partial charge is 0.151 e. The fraction of sp³-hybridized carbons (Fsp3) is 0.417. The first kappa shape index (κ1) is 14.9. The van der Waals surface area contributed by atoms with E-state index in [0.717, 1.165) is 11.3 Å². The third kappa shape index (κ3) is 4.27. The Labute approximate surface area is 114 Å². The average Bonchev–Trinajstić information content (AvgIpc) is 2.36. The minimum atomic E-state index is -2.94. The topological polar surface area (TPSA) is 63.4 Å². The summed E-state index contributed by atoms with van der Waals surface area (Å²) in [5.41, 5.74) is 7.26. The molecule has 0 aromatic heterocycles. The molecule has 1 aromatic carbocycles. The number of hydrogen-bond donors (Lipinski definition) is 1. The van der Waals surface area contributed by atoms with Crippen LogP contribution in [0.2, 0.25) is 0 Å². The summed E-state index contributed by atoms with van der Waals surface area (Å²) in [6.07, 6.45) is 0. The Morgan fingerprint density at radius 2 is 2.11 bits per heavy atom. The van der Waals surface area contributed by atoms with E-state index in [-0.39, 0.29) is 11.5 Å². The van der Waals surface area contributed by atoms with E-state index in [9.17, 15) is 8.42 Å². The van der Waals surface area contributed by atoms with E-state index in [4.69, 9.17) is 18.0 Å². The van der Waals surface area contributed by atoms with Crippen molar-refractivity contribution < 1.29 is 8.42 Å². The molecule has 1 aromatic rings. The van der Waals surface area contributed by atoms with E-state index in [2.05, 4.69) is 0 Å². The maximum Gasteiger partial charge on any atom is 0.151 e. The van der Waals surface area contributed by atoms with Crippen LogP contribution in [0.3, 0.4) is 0 Å². The number of nitrogens with zero attached hydrogens (tertiary/aromatic N) is 1. The molecule has 0 heterocycles. The highest BCUT2D eigenvalue weighted by atomic mass is 32.2. The van der Waals surface area contributed by atoms with Gasteiger partial charge in [0.25, 0.3) is 0 Å². The molecule has 2 N–H and O–H groups in total. The summed E-state index contributed by atoms with van der Waals surface area (Å²) in [6.45, 7) is 2.11. The van der Waals surface area contributed by atoms with Crippen molar-refractivity contribution in [1.82, 2.24) is 0 Å². The van der Waals surface area contributed by atoms with E-state index in [1.54, 1.807) is 6.92 Å². The monoisotopic (exact) mass is 286 g/mol. The van der Waals surface area contributed by atoms with Gasteiger partial charge < -0.3 is 10.6 Å². The third-order valence-corrected chi connectivity index (χ3v) is 4.67. The average molecular weight is 286 g/mol. The summed E-state index contributed by atoms with van der Waals surface area (Å²) in [5.74, 6) is 0.324. The molecule has 0 bridgehead atoms. The van der Waals surface area contributed by atoms with Crippen LogP contribution in [0.15, 0.2) is 24.3 Å². The van der Waals surface area contributed by atoms with Crippen LogP contribution < -0.4 is 10.6 Å². The maximum absolute atomic E-state index is 11.4. The largest absolute Gasteiger partial charge is 0.389 e. The first-order chi connectivity index (χ1) is 8.35. The van der Waals surface area contributed by atoms with Gasteiger partial charge in [0.15, 0.2) is 9.84 Å². The molecule has 4 nitrogen and oxygen atoms in total. The highest BCUT2D eigenvalue weighted by Gasteiger charge is 2.10. The summed E-state index contributed by atoms with van der Waals surface area (Å²) in [4.78, 5) is 2.22. The molecule has 1 rings (SSSR count). The fourth-order valence-corrected chi connectivity index (χ4v) is 2.41. The van der Waals surface area contributed by atoms with E-state index >= 15 is 0 Å². The molecular formula is C12H18N2O2S2. The zero-order valence-electron chi connectivity index (χ0n) is 10.6. The lowest BCUT2D eigenvalue weighted by Gasteiger charge is -2.19. The second-order valence-electron chi connectivity index (χ2n) is 4.07. The number of benzene rings is 1. The van der Waals surface area contributed by atoms with Gasteiger partial charge in [-0.3, -0.25) is 0 Å². The fourth-order valence-electron chi connectivity index (χ4n) is 1.45. The minimum absolute atomic E-state index is 0.150. The Balaban J connectivity index is 2.76. The van der Waals surface area contributed by atoms with Gasteiger partial charge >= 0.3 is 0 Å². The number of hydrogen-bond acceptors (Lipinski definition) is 4. The molecule has 0 radical (unpaired) electrons. The molecule has 0 aliphatic carbocycles. The Kier molecular flexibility index (Phi) is 5.10. The van der Waals surface area contributed by atoms with Gasteiger partial charge in [0.05, 0.1) is 5.75 Å². The summed E-state index contributed by atoms with van der Waals surface area (Å²) in [7, 11) is -1.09. The molecule has 6 heteroatoms. The van der Waals surface area contributed by atoms with Crippen LogP contribution in [0.5, 0.6) is 0 Å². The molecule has 100 valence electrons. The molecule has 0 saturated heterocycles. The quantitative estimate of drug-likeness (QED) is 0.796. The number of nitrogens with two attached hydrogens (primary N) is 1. The van der Waals surface area contributed by atoms with Crippen LogP contribution in [-0.4, -0.2) is 38.5 Å².